The molecule has 1 aliphatic rings. The minimum atomic E-state index is -0.157. The minimum Gasteiger partial charge on any atom is -0.507 e. The number of imidazole rings is 1. The van der Waals surface area contributed by atoms with Crippen LogP contribution in [-0.4, -0.2) is 62.3 Å². The molecule has 0 spiro atoms. The number of hydrogen-bond acceptors (Lipinski definition) is 5. The predicted octanol–water partition coefficient (Wildman–Crippen LogP) is 3.74. The van der Waals surface area contributed by atoms with E-state index in [-0.39, 0.29) is 16.5 Å². The maximum atomic E-state index is 10.2. The summed E-state index contributed by atoms with van der Waals surface area (Å²) in [5.41, 5.74) is 2.69. The van der Waals surface area contributed by atoms with Crippen LogP contribution in [0.1, 0.15) is 12.5 Å². The zero-order chi connectivity index (χ0) is 20.4. The van der Waals surface area contributed by atoms with Gasteiger partial charge in [-0.05, 0) is 30.3 Å². The molecule has 1 aliphatic heterocycles. The molecule has 2 aromatic carbocycles. The van der Waals surface area contributed by atoms with Gasteiger partial charge in [0.05, 0.1) is 10.6 Å². The van der Waals surface area contributed by atoms with E-state index in [1.807, 2.05) is 10.8 Å². The van der Waals surface area contributed by atoms with Crippen molar-refractivity contribution in [3.8, 4) is 28.6 Å². The van der Waals surface area contributed by atoms with Crippen molar-refractivity contribution >= 4 is 11.6 Å². The fourth-order valence-electron chi connectivity index (χ4n) is 3.72. The summed E-state index contributed by atoms with van der Waals surface area (Å²) in [6.07, 6.45) is 3.52. The van der Waals surface area contributed by atoms with Crippen molar-refractivity contribution in [3.63, 3.8) is 0 Å². The van der Waals surface area contributed by atoms with Crippen molar-refractivity contribution in [3.05, 3.63) is 59.4 Å². The van der Waals surface area contributed by atoms with Crippen molar-refractivity contribution in [2.24, 2.45) is 0 Å². The van der Waals surface area contributed by atoms with Crippen molar-refractivity contribution in [2.45, 2.75) is 13.5 Å². The van der Waals surface area contributed by atoms with Crippen molar-refractivity contribution in [1.82, 2.24) is 19.4 Å². The van der Waals surface area contributed by atoms with Crippen LogP contribution in [0.3, 0.4) is 0 Å². The van der Waals surface area contributed by atoms with Gasteiger partial charge in [0, 0.05) is 56.9 Å². The van der Waals surface area contributed by atoms with Gasteiger partial charge in [-0.2, -0.15) is 0 Å². The quantitative estimate of drug-likeness (QED) is 0.668. The molecule has 6 nitrogen and oxygen atoms in total. The molecule has 0 unspecified atom stereocenters. The Bertz CT molecular complexity index is 979. The first-order valence-corrected chi connectivity index (χ1v) is 10.2. The number of halogens is 1. The van der Waals surface area contributed by atoms with Crippen LogP contribution in [0, 0.1) is 0 Å². The standard InChI is InChI=1S/C22H25ClN4O2/c1-2-25-9-11-26(12-10-25)15-16-3-5-17(6-4-16)27-8-7-24-22(27)18-13-19(23)21(29)14-20(18)28/h3-8,13-14,28-29H,2,9-12,15H2,1H3. The summed E-state index contributed by atoms with van der Waals surface area (Å²) >= 11 is 6.03. The number of phenolic OH excluding ortho intramolecular Hbond substituents is 2. The summed E-state index contributed by atoms with van der Waals surface area (Å²) in [4.78, 5) is 9.34. The van der Waals surface area contributed by atoms with Gasteiger partial charge in [0.15, 0.2) is 0 Å². The molecule has 7 heteroatoms. The third kappa shape index (κ3) is 4.24. The highest BCUT2D eigenvalue weighted by Crippen LogP contribution is 2.37. The second-order valence-corrected chi connectivity index (χ2v) is 7.73. The second-order valence-electron chi connectivity index (χ2n) is 7.32. The van der Waals surface area contributed by atoms with Crippen molar-refractivity contribution in [2.75, 3.05) is 32.7 Å². The van der Waals surface area contributed by atoms with E-state index in [4.69, 9.17) is 11.6 Å². The van der Waals surface area contributed by atoms with E-state index >= 15 is 0 Å². The molecule has 2 N–H and O–H groups in total. The molecule has 0 radical (unpaired) electrons. The molecular weight excluding hydrogens is 388 g/mol. The zero-order valence-electron chi connectivity index (χ0n) is 16.4. The van der Waals surface area contributed by atoms with E-state index in [1.54, 1.807) is 6.20 Å². The number of piperazine rings is 1. The number of benzene rings is 2. The summed E-state index contributed by atoms with van der Waals surface area (Å²) in [5.74, 6) is 0.338. The molecule has 1 aromatic heterocycles. The van der Waals surface area contributed by atoms with Crippen LogP contribution >= 0.6 is 11.6 Å². The van der Waals surface area contributed by atoms with Crippen LogP contribution in [0.25, 0.3) is 17.1 Å². The van der Waals surface area contributed by atoms with Gasteiger partial charge in [-0.15, -0.1) is 0 Å². The maximum Gasteiger partial charge on any atom is 0.148 e. The lowest BCUT2D eigenvalue weighted by Crippen LogP contribution is -2.45. The maximum absolute atomic E-state index is 10.2. The molecule has 0 aliphatic carbocycles. The molecular formula is C22H25ClN4O2. The van der Waals surface area contributed by atoms with Gasteiger partial charge in [0.1, 0.15) is 17.3 Å². The molecule has 1 fully saturated rings. The Morgan fingerprint density at radius 2 is 1.66 bits per heavy atom. The molecule has 0 atom stereocenters. The van der Waals surface area contributed by atoms with Crippen LogP contribution in [0.15, 0.2) is 48.8 Å². The minimum absolute atomic E-state index is 0.0674. The molecule has 2 heterocycles. The Kier molecular flexibility index (Phi) is 5.76. The Hall–Kier alpha value is -2.54. The molecule has 3 aromatic rings. The Morgan fingerprint density at radius 1 is 0.966 bits per heavy atom. The number of aromatic nitrogens is 2. The Morgan fingerprint density at radius 3 is 2.34 bits per heavy atom. The van der Waals surface area contributed by atoms with E-state index in [0.29, 0.717) is 11.4 Å². The Balaban J connectivity index is 1.52. The van der Waals surface area contributed by atoms with E-state index in [2.05, 4.69) is 46.0 Å². The SMILES string of the molecule is CCN1CCN(Cc2ccc(-n3ccnc3-c3cc(Cl)c(O)cc3O)cc2)CC1. The topological polar surface area (TPSA) is 64.8 Å². The first-order chi connectivity index (χ1) is 14.0. The summed E-state index contributed by atoms with van der Waals surface area (Å²) in [6, 6.07) is 11.1. The van der Waals surface area contributed by atoms with Crippen LogP contribution in [0.4, 0.5) is 0 Å². The highest BCUT2D eigenvalue weighted by atomic mass is 35.5. The molecule has 0 saturated carbocycles. The first kappa shape index (κ1) is 19.8. The average Bonchev–Trinajstić information content (AvgIpc) is 3.21. The smallest absolute Gasteiger partial charge is 0.148 e. The normalized spacial score (nSPS) is 15.7. The van der Waals surface area contributed by atoms with E-state index in [1.165, 1.54) is 17.7 Å². The zero-order valence-corrected chi connectivity index (χ0v) is 17.2. The van der Waals surface area contributed by atoms with Crippen LogP contribution in [0.2, 0.25) is 5.02 Å². The van der Waals surface area contributed by atoms with E-state index < -0.39 is 0 Å². The molecule has 29 heavy (non-hydrogen) atoms. The fourth-order valence-corrected chi connectivity index (χ4v) is 3.89. The van der Waals surface area contributed by atoms with Gasteiger partial charge in [0.25, 0.3) is 0 Å². The molecule has 0 amide bonds. The molecule has 152 valence electrons. The first-order valence-electron chi connectivity index (χ1n) is 9.84. The lowest BCUT2D eigenvalue weighted by atomic mass is 10.1. The highest BCUT2D eigenvalue weighted by molar-refractivity contribution is 6.32. The van der Waals surface area contributed by atoms with E-state index in [9.17, 15) is 10.2 Å². The van der Waals surface area contributed by atoms with Crippen LogP contribution < -0.4 is 0 Å². The lowest BCUT2D eigenvalue weighted by molar-refractivity contribution is 0.132. The second kappa shape index (κ2) is 8.45. The van der Waals surface area contributed by atoms with Crippen LogP contribution in [-0.2, 0) is 6.54 Å². The number of aromatic hydroxyl groups is 2. The lowest BCUT2D eigenvalue weighted by Gasteiger charge is -2.34. The van der Waals surface area contributed by atoms with Gasteiger partial charge in [-0.3, -0.25) is 9.47 Å². The molecule has 1 saturated heterocycles. The third-order valence-electron chi connectivity index (χ3n) is 5.48. The number of rotatable bonds is 5. The summed E-state index contributed by atoms with van der Waals surface area (Å²) in [6.45, 7) is 8.74. The predicted molar refractivity (Wildman–Crippen MR) is 115 cm³/mol. The Labute approximate surface area is 175 Å². The van der Waals surface area contributed by atoms with Crippen LogP contribution in [0.5, 0.6) is 11.5 Å². The number of likely N-dealkylation sites (N-methyl/N-ethyl adjacent to an activating group) is 1. The van der Waals surface area contributed by atoms with Gasteiger partial charge < -0.3 is 15.1 Å². The van der Waals surface area contributed by atoms with Gasteiger partial charge in [0.2, 0.25) is 0 Å². The van der Waals surface area contributed by atoms with Crippen molar-refractivity contribution < 1.29 is 10.2 Å². The summed E-state index contributed by atoms with van der Waals surface area (Å²) < 4.78 is 1.90. The fraction of sp³-hybridized carbons (Fsp3) is 0.318. The summed E-state index contributed by atoms with van der Waals surface area (Å²) in [7, 11) is 0. The number of phenols is 2. The monoisotopic (exact) mass is 412 g/mol. The largest absolute Gasteiger partial charge is 0.507 e. The van der Waals surface area contributed by atoms with E-state index in [0.717, 1.165) is 45.0 Å². The van der Waals surface area contributed by atoms with Gasteiger partial charge >= 0.3 is 0 Å². The number of hydrogen-bond donors (Lipinski definition) is 2. The van der Waals surface area contributed by atoms with Crippen molar-refractivity contribution in [1.29, 1.82) is 0 Å². The van der Waals surface area contributed by atoms with Gasteiger partial charge in [-0.1, -0.05) is 30.7 Å². The molecule has 0 bridgehead atoms. The average molecular weight is 413 g/mol. The number of nitrogens with zero attached hydrogens (tertiary/aromatic N) is 4. The van der Waals surface area contributed by atoms with Gasteiger partial charge in [-0.25, -0.2) is 4.98 Å². The highest BCUT2D eigenvalue weighted by Gasteiger charge is 2.17. The summed E-state index contributed by atoms with van der Waals surface area (Å²) in [5, 5.41) is 20.1. The molecule has 4 rings (SSSR count). The third-order valence-corrected chi connectivity index (χ3v) is 5.78.